The summed E-state index contributed by atoms with van der Waals surface area (Å²) in [5.41, 5.74) is 1.29. The number of carbonyl (C=O) groups is 1. The van der Waals surface area contributed by atoms with Gasteiger partial charge < -0.3 is 4.74 Å². The Morgan fingerprint density at radius 2 is 1.94 bits per heavy atom. The van der Waals surface area contributed by atoms with Crippen molar-refractivity contribution in [2.24, 2.45) is 0 Å². The number of carbonyl (C=O) groups excluding carboxylic acids is 1. The minimum Gasteiger partial charge on any atom is -0.496 e. The average molecular weight is 390 g/mol. The van der Waals surface area contributed by atoms with Gasteiger partial charge in [0.2, 0.25) is 0 Å². The Morgan fingerprint density at radius 3 is 2.50 bits per heavy atom. The molecule has 0 saturated carbocycles. The highest BCUT2D eigenvalue weighted by molar-refractivity contribution is 9.11. The average Bonchev–Trinajstić information content (AvgIpc) is 2.67. The highest BCUT2D eigenvalue weighted by Crippen LogP contribution is 2.31. The van der Waals surface area contributed by atoms with Gasteiger partial charge in [0, 0.05) is 14.9 Å². The number of ketones is 1. The second kappa shape index (κ2) is 5.55. The topological polar surface area (TPSA) is 26.3 Å². The molecule has 0 unspecified atom stereocenters. The zero-order valence-electron chi connectivity index (χ0n) is 9.79. The summed E-state index contributed by atoms with van der Waals surface area (Å²) in [4.78, 5) is 13.5. The molecule has 0 aliphatic rings. The van der Waals surface area contributed by atoms with Crippen molar-refractivity contribution in [3.05, 3.63) is 48.5 Å². The number of halogens is 2. The molecule has 1 aromatic carbocycles. The van der Waals surface area contributed by atoms with E-state index in [-0.39, 0.29) is 5.78 Å². The summed E-state index contributed by atoms with van der Waals surface area (Å²) in [6.45, 7) is 1.94. The van der Waals surface area contributed by atoms with Gasteiger partial charge in [-0.15, -0.1) is 11.3 Å². The quantitative estimate of drug-likeness (QED) is 0.703. The first-order valence-corrected chi connectivity index (χ1v) is 7.57. The van der Waals surface area contributed by atoms with Crippen LogP contribution in [0.3, 0.4) is 0 Å². The van der Waals surface area contributed by atoms with Crippen molar-refractivity contribution in [3.63, 3.8) is 0 Å². The van der Waals surface area contributed by atoms with Crippen molar-refractivity contribution < 1.29 is 9.53 Å². The summed E-state index contributed by atoms with van der Waals surface area (Å²) in [5, 5.41) is 0. The van der Waals surface area contributed by atoms with E-state index >= 15 is 0 Å². The van der Waals surface area contributed by atoms with Gasteiger partial charge in [-0.1, -0.05) is 15.9 Å². The van der Waals surface area contributed by atoms with Gasteiger partial charge in [-0.05, 0) is 47.1 Å². The highest BCUT2D eigenvalue weighted by Gasteiger charge is 2.18. The standard InChI is InChI=1S/C13H10Br2O2S/c1-7-10(6-12(15)18-7)13(16)9-4-3-8(14)5-11(9)17-2/h3-6H,1-2H3. The molecule has 0 aliphatic carbocycles. The Labute approximate surface area is 126 Å². The highest BCUT2D eigenvalue weighted by atomic mass is 79.9. The van der Waals surface area contributed by atoms with E-state index in [4.69, 9.17) is 4.74 Å². The van der Waals surface area contributed by atoms with E-state index in [1.807, 2.05) is 19.1 Å². The Kier molecular flexibility index (Phi) is 4.25. The van der Waals surface area contributed by atoms with Crippen molar-refractivity contribution >= 4 is 49.0 Å². The SMILES string of the molecule is COc1cc(Br)ccc1C(=O)c1cc(Br)sc1C. The van der Waals surface area contributed by atoms with Crippen molar-refractivity contribution in [1.29, 1.82) is 0 Å². The van der Waals surface area contributed by atoms with Gasteiger partial charge in [0.1, 0.15) is 5.75 Å². The molecule has 0 aliphatic heterocycles. The summed E-state index contributed by atoms with van der Waals surface area (Å²) in [6, 6.07) is 7.26. The molecule has 1 aromatic heterocycles. The van der Waals surface area contributed by atoms with Crippen molar-refractivity contribution in [1.82, 2.24) is 0 Å². The molecule has 5 heteroatoms. The second-order valence-corrected chi connectivity index (χ2v) is 7.25. The normalized spacial score (nSPS) is 10.4. The Bertz CT molecular complexity index is 605. The van der Waals surface area contributed by atoms with E-state index in [0.29, 0.717) is 16.9 Å². The molecule has 0 radical (unpaired) electrons. The van der Waals surface area contributed by atoms with Crippen molar-refractivity contribution in [3.8, 4) is 5.75 Å². The van der Waals surface area contributed by atoms with Gasteiger partial charge in [-0.3, -0.25) is 4.79 Å². The third kappa shape index (κ3) is 2.68. The van der Waals surface area contributed by atoms with E-state index in [1.54, 1.807) is 30.6 Å². The fraction of sp³-hybridized carbons (Fsp3) is 0.154. The molecule has 0 saturated heterocycles. The smallest absolute Gasteiger partial charge is 0.197 e. The van der Waals surface area contributed by atoms with Crippen LogP contribution in [0.25, 0.3) is 0 Å². The molecule has 2 rings (SSSR count). The lowest BCUT2D eigenvalue weighted by atomic mass is 10.0. The van der Waals surface area contributed by atoms with Crippen LogP contribution in [0.1, 0.15) is 20.8 Å². The molecule has 2 nitrogen and oxygen atoms in total. The lowest BCUT2D eigenvalue weighted by molar-refractivity contribution is 0.103. The molecule has 0 N–H and O–H groups in total. The third-order valence-electron chi connectivity index (χ3n) is 2.54. The molecule has 0 atom stereocenters. The maximum Gasteiger partial charge on any atom is 0.197 e. The minimum atomic E-state index is -0.0150. The van der Waals surface area contributed by atoms with Crippen LogP contribution in [0.5, 0.6) is 5.75 Å². The molecule has 0 amide bonds. The molecular formula is C13H10Br2O2S. The van der Waals surface area contributed by atoms with Crippen LogP contribution >= 0.6 is 43.2 Å². The lowest BCUT2D eigenvalue weighted by Gasteiger charge is -2.07. The molecule has 2 aromatic rings. The number of benzene rings is 1. The summed E-state index contributed by atoms with van der Waals surface area (Å²) >= 11 is 8.32. The molecule has 94 valence electrons. The van der Waals surface area contributed by atoms with Gasteiger partial charge in [-0.25, -0.2) is 0 Å². The fourth-order valence-corrected chi connectivity index (χ4v) is 3.70. The number of thiophene rings is 1. The van der Waals surface area contributed by atoms with Crippen LogP contribution < -0.4 is 4.74 Å². The van der Waals surface area contributed by atoms with Gasteiger partial charge >= 0.3 is 0 Å². The molecule has 1 heterocycles. The van der Waals surface area contributed by atoms with Gasteiger partial charge in [0.25, 0.3) is 0 Å². The number of hydrogen-bond donors (Lipinski definition) is 0. The first-order chi connectivity index (χ1) is 8.52. The molecule has 0 fully saturated rings. The third-order valence-corrected chi connectivity index (χ3v) is 4.59. The maximum atomic E-state index is 12.5. The van der Waals surface area contributed by atoms with E-state index in [9.17, 15) is 4.79 Å². The predicted molar refractivity (Wildman–Crippen MR) is 80.9 cm³/mol. The van der Waals surface area contributed by atoms with Crippen LogP contribution in [-0.4, -0.2) is 12.9 Å². The maximum absolute atomic E-state index is 12.5. The molecule has 0 bridgehead atoms. The largest absolute Gasteiger partial charge is 0.496 e. The number of aryl methyl sites for hydroxylation is 1. The van der Waals surface area contributed by atoms with Crippen LogP contribution in [0.4, 0.5) is 0 Å². The van der Waals surface area contributed by atoms with Crippen LogP contribution in [0.2, 0.25) is 0 Å². The Hall–Kier alpha value is -0.650. The van der Waals surface area contributed by atoms with Gasteiger partial charge in [0.15, 0.2) is 5.78 Å². The molecule has 18 heavy (non-hydrogen) atoms. The Balaban J connectivity index is 2.49. The van der Waals surface area contributed by atoms with Gasteiger partial charge in [-0.2, -0.15) is 0 Å². The first kappa shape index (κ1) is 13.8. The van der Waals surface area contributed by atoms with Crippen LogP contribution in [0, 0.1) is 6.92 Å². The zero-order chi connectivity index (χ0) is 13.3. The van der Waals surface area contributed by atoms with Crippen LogP contribution in [0.15, 0.2) is 32.5 Å². The second-order valence-electron chi connectivity index (χ2n) is 3.69. The summed E-state index contributed by atoms with van der Waals surface area (Å²) in [5.74, 6) is 0.565. The van der Waals surface area contributed by atoms with Crippen LogP contribution in [-0.2, 0) is 0 Å². The first-order valence-electron chi connectivity index (χ1n) is 5.17. The van der Waals surface area contributed by atoms with E-state index in [2.05, 4.69) is 31.9 Å². The van der Waals surface area contributed by atoms with E-state index in [1.165, 1.54) is 0 Å². The van der Waals surface area contributed by atoms with Crippen molar-refractivity contribution in [2.75, 3.05) is 7.11 Å². The zero-order valence-corrected chi connectivity index (χ0v) is 13.8. The fourth-order valence-electron chi connectivity index (χ4n) is 1.67. The number of methoxy groups -OCH3 is 1. The summed E-state index contributed by atoms with van der Waals surface area (Å²) < 4.78 is 7.10. The minimum absolute atomic E-state index is 0.0150. The number of ether oxygens (including phenoxy) is 1. The molecular weight excluding hydrogens is 380 g/mol. The number of hydrogen-bond acceptors (Lipinski definition) is 3. The summed E-state index contributed by atoms with van der Waals surface area (Å²) in [7, 11) is 1.56. The predicted octanol–water partition coefficient (Wildman–Crippen LogP) is 4.82. The Morgan fingerprint density at radius 1 is 1.22 bits per heavy atom. The number of rotatable bonds is 3. The lowest BCUT2D eigenvalue weighted by Crippen LogP contribution is -2.04. The molecule has 0 spiro atoms. The summed E-state index contributed by atoms with van der Waals surface area (Å²) in [6.07, 6.45) is 0. The van der Waals surface area contributed by atoms with Crippen molar-refractivity contribution in [2.45, 2.75) is 6.92 Å². The van der Waals surface area contributed by atoms with E-state index < -0.39 is 0 Å². The monoisotopic (exact) mass is 388 g/mol. The van der Waals surface area contributed by atoms with Gasteiger partial charge in [0.05, 0.1) is 16.5 Å². The van der Waals surface area contributed by atoms with E-state index in [0.717, 1.165) is 13.1 Å².